The van der Waals surface area contributed by atoms with Crippen LogP contribution < -0.4 is 19.9 Å². The van der Waals surface area contributed by atoms with Crippen molar-refractivity contribution in [3.05, 3.63) is 59.9 Å². The number of morpholine rings is 1. The molecule has 1 aromatic heterocycles. The first-order valence-electron chi connectivity index (χ1n) is 11.7. The molecule has 34 heavy (non-hydrogen) atoms. The molecule has 2 saturated heterocycles. The van der Waals surface area contributed by atoms with Crippen molar-refractivity contribution in [1.82, 2.24) is 15.3 Å². The molecule has 2 fully saturated rings. The fourth-order valence-corrected chi connectivity index (χ4v) is 4.33. The van der Waals surface area contributed by atoms with Crippen molar-refractivity contribution in [2.75, 3.05) is 62.3 Å². The second-order valence-electron chi connectivity index (χ2n) is 8.42. The van der Waals surface area contributed by atoms with Gasteiger partial charge in [-0.05, 0) is 42.8 Å². The van der Waals surface area contributed by atoms with Gasteiger partial charge in [-0.25, -0.2) is 4.98 Å². The largest absolute Gasteiger partial charge is 0.438 e. The SMILES string of the molecule is Cc1nc(Oc2cc(C#N)ccc2-c2ccc(N3CCNCC3)cc2)cc(N2CCOCC2)n1. The Balaban J connectivity index is 1.44. The maximum absolute atomic E-state index is 9.47. The van der Waals surface area contributed by atoms with Crippen molar-refractivity contribution < 1.29 is 9.47 Å². The summed E-state index contributed by atoms with van der Waals surface area (Å²) in [5.41, 5.74) is 3.69. The van der Waals surface area contributed by atoms with Crippen molar-refractivity contribution in [1.29, 1.82) is 5.26 Å². The Morgan fingerprint density at radius 1 is 0.941 bits per heavy atom. The second-order valence-corrected chi connectivity index (χ2v) is 8.42. The van der Waals surface area contributed by atoms with Gasteiger partial charge in [-0.3, -0.25) is 0 Å². The van der Waals surface area contributed by atoms with E-state index in [0.29, 0.717) is 36.2 Å². The minimum Gasteiger partial charge on any atom is -0.438 e. The quantitative estimate of drug-likeness (QED) is 0.626. The third-order valence-corrected chi connectivity index (χ3v) is 6.12. The minimum absolute atomic E-state index is 0.461. The van der Waals surface area contributed by atoms with Crippen molar-refractivity contribution in [2.45, 2.75) is 6.92 Å². The molecule has 0 atom stereocenters. The van der Waals surface area contributed by atoms with Crippen LogP contribution in [0.15, 0.2) is 48.5 Å². The van der Waals surface area contributed by atoms with Crippen LogP contribution in [-0.4, -0.2) is 62.5 Å². The zero-order valence-corrected chi connectivity index (χ0v) is 19.3. The van der Waals surface area contributed by atoms with E-state index in [2.05, 4.69) is 55.4 Å². The van der Waals surface area contributed by atoms with E-state index in [9.17, 15) is 5.26 Å². The Morgan fingerprint density at radius 3 is 2.44 bits per heavy atom. The molecule has 5 rings (SSSR count). The lowest BCUT2D eigenvalue weighted by Gasteiger charge is -2.29. The van der Waals surface area contributed by atoms with Crippen LogP contribution in [0.25, 0.3) is 11.1 Å². The van der Waals surface area contributed by atoms with Gasteiger partial charge in [0.05, 0.1) is 24.8 Å². The molecule has 1 N–H and O–H groups in total. The number of piperazine rings is 1. The molecule has 8 heteroatoms. The number of anilines is 2. The van der Waals surface area contributed by atoms with Gasteiger partial charge >= 0.3 is 0 Å². The Morgan fingerprint density at radius 2 is 1.71 bits per heavy atom. The van der Waals surface area contributed by atoms with E-state index in [1.807, 2.05) is 25.1 Å². The maximum Gasteiger partial charge on any atom is 0.224 e. The minimum atomic E-state index is 0.461. The van der Waals surface area contributed by atoms with Crippen LogP contribution in [0.1, 0.15) is 11.4 Å². The molecule has 0 radical (unpaired) electrons. The molecule has 3 heterocycles. The molecular weight excluding hydrogens is 428 g/mol. The summed E-state index contributed by atoms with van der Waals surface area (Å²) in [7, 11) is 0. The van der Waals surface area contributed by atoms with E-state index < -0.39 is 0 Å². The number of rotatable bonds is 5. The third kappa shape index (κ3) is 4.96. The Hall–Kier alpha value is -3.67. The van der Waals surface area contributed by atoms with E-state index >= 15 is 0 Å². The zero-order valence-electron chi connectivity index (χ0n) is 19.3. The van der Waals surface area contributed by atoms with Crippen LogP contribution in [0, 0.1) is 18.3 Å². The van der Waals surface area contributed by atoms with Crippen molar-refractivity contribution in [3.8, 4) is 28.8 Å². The van der Waals surface area contributed by atoms with Gasteiger partial charge < -0.3 is 24.6 Å². The van der Waals surface area contributed by atoms with E-state index in [1.54, 1.807) is 6.07 Å². The Kier molecular flexibility index (Phi) is 6.56. The Bertz CT molecular complexity index is 1180. The number of benzene rings is 2. The molecule has 3 aromatic rings. The smallest absolute Gasteiger partial charge is 0.224 e. The average molecular weight is 457 g/mol. The van der Waals surface area contributed by atoms with E-state index in [4.69, 9.17) is 9.47 Å². The summed E-state index contributed by atoms with van der Waals surface area (Å²) in [5.74, 6) is 2.52. The number of hydrogen-bond donors (Lipinski definition) is 1. The average Bonchev–Trinajstić information content (AvgIpc) is 2.89. The number of nitrogens with one attached hydrogen (secondary N) is 1. The first-order valence-corrected chi connectivity index (χ1v) is 11.7. The number of hydrogen-bond acceptors (Lipinski definition) is 8. The molecule has 0 amide bonds. The summed E-state index contributed by atoms with van der Waals surface area (Å²) in [5, 5.41) is 12.9. The highest BCUT2D eigenvalue weighted by atomic mass is 16.5. The van der Waals surface area contributed by atoms with Gasteiger partial charge in [-0.2, -0.15) is 10.2 Å². The van der Waals surface area contributed by atoms with Gasteiger partial charge in [0.1, 0.15) is 17.4 Å². The highest BCUT2D eigenvalue weighted by Gasteiger charge is 2.17. The number of nitriles is 1. The molecule has 0 bridgehead atoms. The van der Waals surface area contributed by atoms with Crippen LogP contribution >= 0.6 is 0 Å². The zero-order chi connectivity index (χ0) is 23.3. The van der Waals surface area contributed by atoms with Gasteiger partial charge in [0.15, 0.2) is 0 Å². The number of nitrogens with zero attached hydrogens (tertiary/aromatic N) is 5. The molecule has 8 nitrogen and oxygen atoms in total. The van der Waals surface area contributed by atoms with Crippen LogP contribution in [0.5, 0.6) is 11.6 Å². The summed E-state index contributed by atoms with van der Waals surface area (Å²) in [6.07, 6.45) is 0. The van der Waals surface area contributed by atoms with Crippen LogP contribution in [0.3, 0.4) is 0 Å². The summed E-state index contributed by atoms with van der Waals surface area (Å²) in [6, 6.07) is 18.1. The fraction of sp³-hybridized carbons (Fsp3) is 0.346. The summed E-state index contributed by atoms with van der Waals surface area (Å²) in [4.78, 5) is 13.6. The molecule has 174 valence electrons. The van der Waals surface area contributed by atoms with Gasteiger partial charge in [-0.1, -0.05) is 12.1 Å². The van der Waals surface area contributed by atoms with Crippen LogP contribution in [0.4, 0.5) is 11.5 Å². The van der Waals surface area contributed by atoms with Crippen LogP contribution in [0.2, 0.25) is 0 Å². The predicted octanol–water partition coefficient (Wildman–Crippen LogP) is 3.36. The number of aromatic nitrogens is 2. The molecule has 0 aliphatic carbocycles. The molecule has 2 aromatic carbocycles. The number of ether oxygens (including phenoxy) is 2. The number of aryl methyl sites for hydroxylation is 1. The molecule has 2 aliphatic rings. The monoisotopic (exact) mass is 456 g/mol. The summed E-state index contributed by atoms with van der Waals surface area (Å²) < 4.78 is 11.7. The first-order chi connectivity index (χ1) is 16.7. The molecule has 0 saturated carbocycles. The molecule has 2 aliphatic heterocycles. The van der Waals surface area contributed by atoms with Gasteiger partial charge in [0.2, 0.25) is 5.88 Å². The van der Waals surface area contributed by atoms with Crippen molar-refractivity contribution in [2.24, 2.45) is 0 Å². The van der Waals surface area contributed by atoms with Crippen LogP contribution in [-0.2, 0) is 4.74 Å². The lowest BCUT2D eigenvalue weighted by molar-refractivity contribution is 0.122. The molecular formula is C26H28N6O2. The highest BCUT2D eigenvalue weighted by Crippen LogP contribution is 2.35. The normalized spacial score (nSPS) is 16.2. The molecule has 0 unspecified atom stereocenters. The lowest BCUT2D eigenvalue weighted by atomic mass is 10.0. The third-order valence-electron chi connectivity index (χ3n) is 6.12. The van der Waals surface area contributed by atoms with Crippen molar-refractivity contribution in [3.63, 3.8) is 0 Å². The summed E-state index contributed by atoms with van der Waals surface area (Å²) >= 11 is 0. The Labute approximate surface area is 199 Å². The standard InChI is InChI=1S/C26H28N6O2/c1-19-29-25(32-12-14-33-15-13-32)17-26(30-19)34-24-16-20(18-27)2-7-23(24)21-3-5-22(6-4-21)31-10-8-28-9-11-31/h2-7,16-17,28H,8-15H2,1H3. The molecule has 0 spiro atoms. The maximum atomic E-state index is 9.47. The van der Waals surface area contributed by atoms with E-state index in [-0.39, 0.29) is 0 Å². The fourth-order valence-electron chi connectivity index (χ4n) is 4.33. The predicted molar refractivity (Wildman–Crippen MR) is 132 cm³/mol. The van der Waals surface area contributed by atoms with Gasteiger partial charge in [0, 0.05) is 56.6 Å². The lowest BCUT2D eigenvalue weighted by Crippen LogP contribution is -2.43. The van der Waals surface area contributed by atoms with Crippen molar-refractivity contribution >= 4 is 11.5 Å². The highest BCUT2D eigenvalue weighted by molar-refractivity contribution is 5.73. The topological polar surface area (TPSA) is 86.5 Å². The first kappa shape index (κ1) is 22.1. The van der Waals surface area contributed by atoms with E-state index in [1.165, 1.54) is 5.69 Å². The van der Waals surface area contributed by atoms with Gasteiger partial charge in [-0.15, -0.1) is 0 Å². The van der Waals surface area contributed by atoms with Gasteiger partial charge in [0.25, 0.3) is 0 Å². The second kappa shape index (κ2) is 10.1. The summed E-state index contributed by atoms with van der Waals surface area (Å²) in [6.45, 7) is 8.79. The van der Waals surface area contributed by atoms with E-state index in [0.717, 1.165) is 56.2 Å².